The van der Waals surface area contributed by atoms with Gasteiger partial charge in [0.25, 0.3) is 0 Å². The quantitative estimate of drug-likeness (QED) is 0.389. The Balaban J connectivity index is 1.70. The summed E-state index contributed by atoms with van der Waals surface area (Å²) < 4.78 is 24.5. The van der Waals surface area contributed by atoms with Crippen molar-refractivity contribution in [3.8, 4) is 0 Å². The molecule has 0 aromatic heterocycles. The highest BCUT2D eigenvalue weighted by molar-refractivity contribution is 5.87. The molecule has 0 N–H and O–H groups in total. The number of benzene rings is 1. The molecule has 28 heavy (non-hydrogen) atoms. The Morgan fingerprint density at radius 2 is 2.11 bits per heavy atom. The molecule has 5 heteroatoms. The fourth-order valence-corrected chi connectivity index (χ4v) is 4.24. The average Bonchev–Trinajstić information content (AvgIpc) is 2.98. The molecule has 1 aromatic rings. The highest BCUT2D eigenvalue weighted by Gasteiger charge is 2.62. The Bertz CT molecular complexity index is 824. The summed E-state index contributed by atoms with van der Waals surface area (Å²) in [5, 5.41) is 0. The Morgan fingerprint density at radius 3 is 2.79 bits per heavy atom. The zero-order valence-electron chi connectivity index (χ0n) is 16.7. The van der Waals surface area contributed by atoms with Crippen LogP contribution >= 0.6 is 0 Å². The topological polar surface area (TPSA) is 52.6 Å². The van der Waals surface area contributed by atoms with Crippen LogP contribution in [0.15, 0.2) is 42.8 Å². The summed E-state index contributed by atoms with van der Waals surface area (Å²) in [5.41, 5.74) is 3.05. The van der Waals surface area contributed by atoms with Crippen LogP contribution in [0.3, 0.4) is 0 Å². The molecule has 1 saturated carbocycles. The van der Waals surface area contributed by atoms with Crippen LogP contribution in [0.1, 0.15) is 50.0 Å². The highest BCUT2D eigenvalue weighted by Crippen LogP contribution is 2.60. The number of fused-ring (bicyclic) bond motifs is 1. The molecule has 0 heterocycles. The molecular weight excluding hydrogens is 359 g/mol. The first-order valence-electron chi connectivity index (χ1n) is 9.77. The van der Waals surface area contributed by atoms with Crippen LogP contribution in [0, 0.1) is 17.3 Å². The van der Waals surface area contributed by atoms with Gasteiger partial charge < -0.3 is 9.47 Å². The van der Waals surface area contributed by atoms with Gasteiger partial charge in [-0.05, 0) is 60.3 Å². The number of hydrogen-bond acceptors (Lipinski definition) is 4. The normalized spacial score (nSPS) is 25.0. The van der Waals surface area contributed by atoms with Crippen molar-refractivity contribution < 1.29 is 23.5 Å². The maximum atomic E-state index is 14.0. The molecule has 150 valence electrons. The highest BCUT2D eigenvalue weighted by atomic mass is 19.1. The minimum Gasteiger partial charge on any atom is -0.461 e. The van der Waals surface area contributed by atoms with E-state index in [1.165, 1.54) is 17.2 Å². The van der Waals surface area contributed by atoms with Gasteiger partial charge in [-0.1, -0.05) is 38.1 Å². The molecule has 2 aliphatic carbocycles. The summed E-state index contributed by atoms with van der Waals surface area (Å²) >= 11 is 0. The SMILES string of the molecule is C=CCc1cccc2c1CCC2OC(=O)[C@@H]1[C@H](C=C(F)C(=O)OCC)C1(C)C. The Morgan fingerprint density at radius 1 is 1.36 bits per heavy atom. The molecule has 0 amide bonds. The van der Waals surface area contributed by atoms with E-state index in [1.54, 1.807) is 6.92 Å². The molecule has 0 spiro atoms. The second kappa shape index (κ2) is 7.90. The average molecular weight is 386 g/mol. The summed E-state index contributed by atoms with van der Waals surface area (Å²) in [4.78, 5) is 24.3. The summed E-state index contributed by atoms with van der Waals surface area (Å²) in [6, 6.07) is 6.06. The molecule has 2 aliphatic rings. The number of carbonyl (C=O) groups excluding carboxylic acids is 2. The van der Waals surface area contributed by atoms with E-state index in [9.17, 15) is 14.0 Å². The molecule has 0 radical (unpaired) electrons. The summed E-state index contributed by atoms with van der Waals surface area (Å²) in [5.74, 6) is -3.12. The van der Waals surface area contributed by atoms with E-state index in [2.05, 4.69) is 17.4 Å². The van der Waals surface area contributed by atoms with Gasteiger partial charge in [-0.15, -0.1) is 6.58 Å². The van der Waals surface area contributed by atoms with E-state index in [-0.39, 0.29) is 24.6 Å². The van der Waals surface area contributed by atoms with Gasteiger partial charge in [-0.2, -0.15) is 4.39 Å². The number of carbonyl (C=O) groups is 2. The van der Waals surface area contributed by atoms with Gasteiger partial charge in [0.2, 0.25) is 5.83 Å². The minimum absolute atomic E-state index is 0.106. The molecule has 1 fully saturated rings. The van der Waals surface area contributed by atoms with Gasteiger partial charge in [0.05, 0.1) is 12.5 Å². The fraction of sp³-hybridized carbons (Fsp3) is 0.478. The molecule has 0 saturated heterocycles. The monoisotopic (exact) mass is 386 g/mol. The largest absolute Gasteiger partial charge is 0.461 e. The maximum absolute atomic E-state index is 14.0. The van der Waals surface area contributed by atoms with Crippen molar-refractivity contribution in [3.63, 3.8) is 0 Å². The van der Waals surface area contributed by atoms with Crippen molar-refractivity contribution in [2.45, 2.75) is 46.1 Å². The second-order valence-electron chi connectivity index (χ2n) is 8.00. The third kappa shape index (κ3) is 3.75. The first-order valence-corrected chi connectivity index (χ1v) is 9.77. The summed E-state index contributed by atoms with van der Waals surface area (Å²) in [6.45, 7) is 9.28. The fourth-order valence-electron chi connectivity index (χ4n) is 4.24. The zero-order valence-corrected chi connectivity index (χ0v) is 16.7. The number of halogens is 1. The van der Waals surface area contributed by atoms with Crippen LogP contribution in [-0.2, 0) is 31.9 Å². The van der Waals surface area contributed by atoms with Crippen molar-refractivity contribution in [1.29, 1.82) is 0 Å². The zero-order chi connectivity index (χ0) is 20.5. The molecular formula is C23H27FO4. The van der Waals surface area contributed by atoms with Crippen LogP contribution in [-0.4, -0.2) is 18.5 Å². The number of ether oxygens (including phenoxy) is 2. The lowest BCUT2D eigenvalue weighted by Gasteiger charge is -2.15. The van der Waals surface area contributed by atoms with E-state index < -0.39 is 23.1 Å². The smallest absolute Gasteiger partial charge is 0.366 e. The van der Waals surface area contributed by atoms with Crippen LogP contribution in [0.2, 0.25) is 0 Å². The lowest BCUT2D eigenvalue weighted by Crippen LogP contribution is -2.14. The van der Waals surface area contributed by atoms with Crippen LogP contribution < -0.4 is 0 Å². The number of rotatable bonds is 7. The Labute approximate surface area is 165 Å². The lowest BCUT2D eigenvalue weighted by molar-refractivity contribution is -0.152. The van der Waals surface area contributed by atoms with Gasteiger partial charge >= 0.3 is 11.9 Å². The first kappa shape index (κ1) is 20.3. The predicted molar refractivity (Wildman–Crippen MR) is 104 cm³/mol. The molecule has 4 nitrogen and oxygen atoms in total. The van der Waals surface area contributed by atoms with Crippen molar-refractivity contribution in [1.82, 2.24) is 0 Å². The van der Waals surface area contributed by atoms with Gasteiger partial charge in [0, 0.05) is 0 Å². The summed E-state index contributed by atoms with van der Waals surface area (Å²) in [6.07, 6.45) is 5.21. The van der Waals surface area contributed by atoms with Crippen molar-refractivity contribution in [3.05, 3.63) is 59.4 Å². The van der Waals surface area contributed by atoms with E-state index in [0.29, 0.717) is 0 Å². The first-order chi connectivity index (χ1) is 13.3. The third-order valence-electron chi connectivity index (χ3n) is 5.90. The molecule has 1 unspecified atom stereocenters. The molecule has 3 rings (SSSR count). The predicted octanol–water partition coefficient (Wildman–Crippen LogP) is 4.63. The molecule has 0 aliphatic heterocycles. The lowest BCUT2D eigenvalue weighted by atomic mass is 10.0. The van der Waals surface area contributed by atoms with Gasteiger partial charge in [-0.25, -0.2) is 4.79 Å². The number of hydrogen-bond donors (Lipinski definition) is 0. The summed E-state index contributed by atoms with van der Waals surface area (Å²) in [7, 11) is 0. The molecule has 3 atom stereocenters. The third-order valence-corrected chi connectivity index (χ3v) is 5.90. The number of esters is 2. The molecule has 0 bridgehead atoms. The van der Waals surface area contributed by atoms with E-state index >= 15 is 0 Å². The second-order valence-corrected chi connectivity index (χ2v) is 8.00. The van der Waals surface area contributed by atoms with Gasteiger partial charge in [0.15, 0.2) is 0 Å². The number of allylic oxidation sites excluding steroid dienone is 2. The van der Waals surface area contributed by atoms with Gasteiger partial charge in [0.1, 0.15) is 6.10 Å². The van der Waals surface area contributed by atoms with Crippen LogP contribution in [0.25, 0.3) is 0 Å². The standard InChI is InChI=1S/C23H27FO4/c1-5-8-14-9-7-10-16-15(14)11-12-19(16)28-22(26)20-17(23(20,3)4)13-18(24)21(25)27-6-2/h5,7,9-10,13,17,19-20H,1,6,8,11-12H2,2-4H3/t17-,19?,20-/m0/s1. The van der Waals surface area contributed by atoms with E-state index in [0.717, 1.165) is 24.8 Å². The van der Waals surface area contributed by atoms with Crippen LogP contribution in [0.4, 0.5) is 4.39 Å². The van der Waals surface area contributed by atoms with Gasteiger partial charge in [-0.3, -0.25) is 4.79 Å². The van der Waals surface area contributed by atoms with Crippen molar-refractivity contribution in [2.24, 2.45) is 17.3 Å². The molecule has 1 aromatic carbocycles. The van der Waals surface area contributed by atoms with E-state index in [1.807, 2.05) is 32.1 Å². The minimum atomic E-state index is -0.989. The Kier molecular flexibility index (Phi) is 5.73. The van der Waals surface area contributed by atoms with Crippen LogP contribution in [0.5, 0.6) is 0 Å². The maximum Gasteiger partial charge on any atom is 0.366 e. The van der Waals surface area contributed by atoms with Crippen molar-refractivity contribution >= 4 is 11.9 Å². The van der Waals surface area contributed by atoms with E-state index in [4.69, 9.17) is 4.74 Å². The Hall–Kier alpha value is -2.43. The van der Waals surface area contributed by atoms with Crippen molar-refractivity contribution in [2.75, 3.05) is 6.61 Å².